The Morgan fingerprint density at radius 2 is 1.03 bits per heavy atom. The molecule has 0 aliphatic heterocycles. The first-order valence-electron chi connectivity index (χ1n) is 7.43. The lowest BCUT2D eigenvalue weighted by molar-refractivity contribution is -0.440. The molecule has 0 radical (unpaired) electrons. The Bertz CT molecular complexity index is 681. The molecule has 1 N–H and O–H groups in total. The van der Waals surface area contributed by atoms with E-state index in [2.05, 4.69) is 0 Å². The van der Waals surface area contributed by atoms with E-state index < -0.39 is 54.7 Å². The van der Waals surface area contributed by atoms with E-state index in [-0.39, 0.29) is 5.56 Å². The van der Waals surface area contributed by atoms with Crippen molar-refractivity contribution < 1.29 is 62.2 Å². The summed E-state index contributed by atoms with van der Waals surface area (Å²) in [6.45, 7) is 0. The van der Waals surface area contributed by atoms with Crippen LogP contribution in [-0.2, 0) is 0 Å². The lowest BCUT2D eigenvalue weighted by Gasteiger charge is -2.39. The number of benzene rings is 1. The van der Waals surface area contributed by atoms with Crippen LogP contribution in [0.3, 0.4) is 0 Å². The van der Waals surface area contributed by atoms with E-state index in [0.717, 1.165) is 12.1 Å². The summed E-state index contributed by atoms with van der Waals surface area (Å²) in [5, 5.41) is 9.57. The number of hydrogen-bond acceptors (Lipinski definition) is 1. The maximum absolute atomic E-state index is 13.6. The average molecular weight is 454 g/mol. The lowest BCUT2D eigenvalue weighted by atomic mass is 9.91. The predicted molar refractivity (Wildman–Crippen MR) is 71.4 cm³/mol. The minimum atomic E-state index is -7.91. The maximum atomic E-state index is 13.6. The van der Waals surface area contributed by atoms with Gasteiger partial charge in [0.1, 0.15) is 0 Å². The van der Waals surface area contributed by atoms with Gasteiger partial charge in [-0.15, -0.1) is 0 Å². The van der Waals surface area contributed by atoms with Crippen molar-refractivity contribution in [2.24, 2.45) is 0 Å². The molecule has 0 heterocycles. The van der Waals surface area contributed by atoms with Gasteiger partial charge in [0.2, 0.25) is 0 Å². The van der Waals surface area contributed by atoms with Crippen LogP contribution in [0.1, 0.15) is 24.5 Å². The van der Waals surface area contributed by atoms with Gasteiger partial charge in [-0.25, -0.2) is 0 Å². The first-order valence-corrected chi connectivity index (χ1v) is 7.43. The summed E-state index contributed by atoms with van der Waals surface area (Å²) < 4.78 is 168. The van der Waals surface area contributed by atoms with Crippen LogP contribution in [0.4, 0.5) is 57.1 Å². The Balaban J connectivity index is 3.18. The molecule has 1 aromatic carbocycles. The molecule has 0 aliphatic rings. The van der Waals surface area contributed by atoms with Gasteiger partial charge in [0, 0.05) is 6.42 Å². The second kappa shape index (κ2) is 7.51. The summed E-state index contributed by atoms with van der Waals surface area (Å²) in [6.07, 6.45) is -13.3. The summed E-state index contributed by atoms with van der Waals surface area (Å²) in [5.41, 5.74) is -0.160. The Labute approximate surface area is 154 Å². The highest BCUT2D eigenvalue weighted by molar-refractivity contribution is 5.17. The molecule has 0 fully saturated rings. The third-order valence-electron chi connectivity index (χ3n) is 3.91. The van der Waals surface area contributed by atoms with E-state index >= 15 is 0 Å². The molecular formula is C15H11F13O. The molecule has 0 saturated heterocycles. The first-order chi connectivity index (χ1) is 12.7. The number of aliphatic hydroxyl groups is 1. The van der Waals surface area contributed by atoms with E-state index in [4.69, 9.17) is 0 Å². The van der Waals surface area contributed by atoms with Gasteiger partial charge in [-0.2, -0.15) is 57.1 Å². The topological polar surface area (TPSA) is 20.2 Å². The molecule has 0 aliphatic carbocycles. The molecule has 1 atom stereocenters. The summed E-state index contributed by atoms with van der Waals surface area (Å²) >= 11 is 0. The van der Waals surface area contributed by atoms with E-state index in [1.165, 1.54) is 18.2 Å². The van der Waals surface area contributed by atoms with Crippen molar-refractivity contribution >= 4 is 0 Å². The highest BCUT2D eigenvalue weighted by Gasteiger charge is 2.90. The SMILES string of the molecule is OC(CCC(F)(F)C(F)(F)C(F)(F)C(F)(F)C(F)(F)C(F)(F)F)c1ccccc1. The van der Waals surface area contributed by atoms with Crippen molar-refractivity contribution in [1.82, 2.24) is 0 Å². The number of halogens is 13. The molecule has 0 aromatic heterocycles. The molecule has 0 saturated carbocycles. The number of aliphatic hydroxyl groups excluding tert-OH is 1. The molecule has 0 spiro atoms. The van der Waals surface area contributed by atoms with Crippen LogP contribution in [-0.4, -0.2) is 40.9 Å². The van der Waals surface area contributed by atoms with Crippen molar-refractivity contribution in [3.05, 3.63) is 35.9 Å². The Hall–Kier alpha value is -1.73. The average Bonchev–Trinajstić information content (AvgIpc) is 2.58. The third-order valence-corrected chi connectivity index (χ3v) is 3.91. The Kier molecular flexibility index (Phi) is 6.55. The Morgan fingerprint density at radius 1 is 0.621 bits per heavy atom. The zero-order chi connectivity index (χ0) is 23.1. The smallest absolute Gasteiger partial charge is 0.388 e. The van der Waals surface area contributed by atoms with Crippen molar-refractivity contribution in [2.45, 2.75) is 54.7 Å². The van der Waals surface area contributed by atoms with Crippen LogP contribution in [0.2, 0.25) is 0 Å². The monoisotopic (exact) mass is 454 g/mol. The second-order valence-corrected chi connectivity index (χ2v) is 5.96. The fourth-order valence-corrected chi connectivity index (χ4v) is 2.12. The third kappa shape index (κ3) is 4.12. The minimum absolute atomic E-state index is 0.160. The quantitative estimate of drug-likeness (QED) is 0.462. The molecule has 14 heteroatoms. The predicted octanol–water partition coefficient (Wildman–Crippen LogP) is 6.24. The van der Waals surface area contributed by atoms with Crippen molar-refractivity contribution in [2.75, 3.05) is 0 Å². The van der Waals surface area contributed by atoms with Crippen LogP contribution in [0.5, 0.6) is 0 Å². The van der Waals surface area contributed by atoms with Gasteiger partial charge in [0.25, 0.3) is 0 Å². The van der Waals surface area contributed by atoms with Crippen LogP contribution >= 0.6 is 0 Å². The Morgan fingerprint density at radius 3 is 1.45 bits per heavy atom. The summed E-state index contributed by atoms with van der Waals surface area (Å²) in [4.78, 5) is 0. The van der Waals surface area contributed by atoms with Crippen LogP contribution < -0.4 is 0 Å². The van der Waals surface area contributed by atoms with Gasteiger partial charge in [0.15, 0.2) is 0 Å². The highest BCUT2D eigenvalue weighted by atomic mass is 19.4. The van der Waals surface area contributed by atoms with Gasteiger partial charge in [-0.05, 0) is 12.0 Å². The fourth-order valence-electron chi connectivity index (χ4n) is 2.12. The van der Waals surface area contributed by atoms with Gasteiger partial charge in [-0.3, -0.25) is 0 Å². The molecule has 1 rings (SSSR count). The molecule has 1 aromatic rings. The van der Waals surface area contributed by atoms with Crippen LogP contribution in [0.15, 0.2) is 30.3 Å². The molecule has 1 unspecified atom stereocenters. The number of hydrogen-bond donors (Lipinski definition) is 1. The van der Waals surface area contributed by atoms with Gasteiger partial charge in [0.05, 0.1) is 6.10 Å². The first kappa shape index (κ1) is 25.3. The van der Waals surface area contributed by atoms with Crippen molar-refractivity contribution in [3.8, 4) is 0 Å². The summed E-state index contributed by atoms with van der Waals surface area (Å²) in [6, 6.07) is 6.13. The summed E-state index contributed by atoms with van der Waals surface area (Å²) in [7, 11) is 0. The van der Waals surface area contributed by atoms with Gasteiger partial charge < -0.3 is 5.11 Å². The van der Waals surface area contributed by atoms with E-state index in [9.17, 15) is 62.2 Å². The number of alkyl halides is 13. The zero-order valence-corrected chi connectivity index (χ0v) is 13.7. The molecular weight excluding hydrogens is 443 g/mol. The number of rotatable bonds is 8. The van der Waals surface area contributed by atoms with E-state index in [0.29, 0.717) is 0 Å². The van der Waals surface area contributed by atoms with Crippen LogP contribution in [0, 0.1) is 0 Å². The van der Waals surface area contributed by atoms with Crippen molar-refractivity contribution in [1.29, 1.82) is 0 Å². The van der Waals surface area contributed by atoms with Crippen LogP contribution in [0.25, 0.3) is 0 Å². The normalized spacial score (nSPS) is 16.1. The fraction of sp³-hybridized carbons (Fsp3) is 0.600. The minimum Gasteiger partial charge on any atom is -0.388 e. The second-order valence-electron chi connectivity index (χ2n) is 5.96. The largest absolute Gasteiger partial charge is 0.460 e. The zero-order valence-electron chi connectivity index (χ0n) is 13.7. The summed E-state index contributed by atoms with van der Waals surface area (Å²) in [5.74, 6) is -37.0. The molecule has 0 amide bonds. The van der Waals surface area contributed by atoms with E-state index in [1.807, 2.05) is 0 Å². The van der Waals surface area contributed by atoms with E-state index in [1.54, 1.807) is 0 Å². The lowest BCUT2D eigenvalue weighted by Crippen LogP contribution is -2.70. The van der Waals surface area contributed by atoms with Gasteiger partial charge in [-0.1, -0.05) is 30.3 Å². The standard InChI is InChI=1S/C15H11F13O/c16-10(17,7-6-9(29)8-4-2-1-3-5-8)11(18,19)12(20,21)13(22,23)14(24,25)15(26,27)28/h1-5,9,29H,6-7H2. The van der Waals surface area contributed by atoms with Crippen molar-refractivity contribution in [3.63, 3.8) is 0 Å². The highest BCUT2D eigenvalue weighted by Crippen LogP contribution is 2.60. The van der Waals surface area contributed by atoms with Gasteiger partial charge >= 0.3 is 35.8 Å². The molecule has 0 bridgehead atoms. The molecule has 168 valence electrons. The molecule has 1 nitrogen and oxygen atoms in total. The maximum Gasteiger partial charge on any atom is 0.460 e. The molecule has 29 heavy (non-hydrogen) atoms.